The molecule has 2 aromatic heterocycles. The number of nitrogens with zero attached hydrogens (tertiary/aromatic N) is 4. The minimum atomic E-state index is -0.560. The molecule has 0 saturated carbocycles. The molecule has 2 N–H and O–H groups in total. The van der Waals surface area contributed by atoms with Gasteiger partial charge in [0.15, 0.2) is 5.65 Å². The number of fused-ring (bicyclic) bond motifs is 1. The van der Waals surface area contributed by atoms with Crippen molar-refractivity contribution < 1.29 is 14.3 Å². The van der Waals surface area contributed by atoms with Gasteiger partial charge in [-0.1, -0.05) is 0 Å². The Labute approximate surface area is 139 Å². The minimum Gasteiger partial charge on any atom is -0.450 e. The zero-order valence-electron chi connectivity index (χ0n) is 13.7. The molecule has 130 valence electrons. The number of carbonyl (C=O) groups excluding carboxylic acids is 1. The van der Waals surface area contributed by atoms with Crippen LogP contribution in [-0.2, 0) is 9.47 Å². The van der Waals surface area contributed by atoms with Crippen LogP contribution in [0.3, 0.4) is 0 Å². The van der Waals surface area contributed by atoms with Crippen molar-refractivity contribution in [2.24, 2.45) is 0 Å². The Bertz CT molecular complexity index is 683. The van der Waals surface area contributed by atoms with E-state index in [2.05, 4.69) is 25.6 Å². The summed E-state index contributed by atoms with van der Waals surface area (Å²) in [4.78, 5) is 18.2. The van der Waals surface area contributed by atoms with E-state index in [0.717, 1.165) is 45.1 Å². The van der Waals surface area contributed by atoms with Gasteiger partial charge in [0.2, 0.25) is 0 Å². The van der Waals surface area contributed by atoms with Gasteiger partial charge in [0, 0.05) is 32.4 Å². The molecular formula is C15H22N6O3. The molecule has 0 spiro atoms. The smallest absolute Gasteiger partial charge is 0.414 e. The number of aromatic nitrogens is 3. The van der Waals surface area contributed by atoms with Gasteiger partial charge in [0.05, 0.1) is 25.5 Å². The van der Waals surface area contributed by atoms with E-state index in [1.807, 2.05) is 12.1 Å². The van der Waals surface area contributed by atoms with Crippen LogP contribution in [0, 0.1) is 0 Å². The highest BCUT2D eigenvalue weighted by molar-refractivity contribution is 5.83. The molecule has 3 rings (SSSR count). The van der Waals surface area contributed by atoms with Crippen molar-refractivity contribution in [2.45, 2.75) is 6.92 Å². The molecule has 1 amide bonds. The van der Waals surface area contributed by atoms with Gasteiger partial charge in [0.25, 0.3) is 5.95 Å². The van der Waals surface area contributed by atoms with E-state index in [0.29, 0.717) is 12.3 Å². The first-order valence-electron chi connectivity index (χ1n) is 8.09. The zero-order valence-corrected chi connectivity index (χ0v) is 13.7. The number of nitrogens with one attached hydrogen (secondary N) is 2. The summed E-state index contributed by atoms with van der Waals surface area (Å²) in [7, 11) is 0. The lowest BCUT2D eigenvalue weighted by atomic mass is 10.3. The number of hydrogen-bond acceptors (Lipinski definition) is 7. The van der Waals surface area contributed by atoms with Crippen LogP contribution >= 0.6 is 0 Å². The predicted molar refractivity (Wildman–Crippen MR) is 89.4 cm³/mol. The lowest BCUT2D eigenvalue weighted by molar-refractivity contribution is 0.0398. The minimum absolute atomic E-state index is 0.218. The standard InChI is InChI=1S/C15H22N6O3/c1-2-24-15(22)18-14-17-13-12(4-3-6-21(13)19-14)16-5-7-20-8-10-23-11-9-20/h3-4,6,16H,2,5,7-11H2,1H3,(H,18,19,22). The van der Waals surface area contributed by atoms with Crippen LogP contribution in [-0.4, -0.2) is 71.6 Å². The summed E-state index contributed by atoms with van der Waals surface area (Å²) in [5.74, 6) is 0.218. The van der Waals surface area contributed by atoms with Crippen molar-refractivity contribution in [3.8, 4) is 0 Å². The largest absolute Gasteiger partial charge is 0.450 e. The Hall–Kier alpha value is -2.39. The normalized spacial score (nSPS) is 15.4. The molecular weight excluding hydrogens is 312 g/mol. The second kappa shape index (κ2) is 7.93. The molecule has 3 heterocycles. The molecule has 1 fully saturated rings. The first kappa shape index (κ1) is 16.5. The number of hydrogen-bond donors (Lipinski definition) is 2. The fraction of sp³-hybridized carbons (Fsp3) is 0.533. The molecule has 1 aliphatic heterocycles. The van der Waals surface area contributed by atoms with Crippen molar-refractivity contribution in [3.63, 3.8) is 0 Å². The Morgan fingerprint density at radius 2 is 2.25 bits per heavy atom. The molecule has 1 saturated heterocycles. The number of carbonyl (C=O) groups is 1. The summed E-state index contributed by atoms with van der Waals surface area (Å²) in [5, 5.41) is 10.1. The fourth-order valence-corrected chi connectivity index (χ4v) is 2.53. The number of amides is 1. The van der Waals surface area contributed by atoms with E-state index in [9.17, 15) is 4.79 Å². The lowest BCUT2D eigenvalue weighted by Gasteiger charge is -2.26. The van der Waals surface area contributed by atoms with Gasteiger partial charge in [-0.3, -0.25) is 10.2 Å². The van der Waals surface area contributed by atoms with E-state index in [4.69, 9.17) is 9.47 Å². The highest BCUT2D eigenvalue weighted by atomic mass is 16.5. The molecule has 1 aliphatic rings. The molecule has 2 aromatic rings. The van der Waals surface area contributed by atoms with Gasteiger partial charge in [-0.05, 0) is 19.1 Å². The third kappa shape index (κ3) is 4.12. The van der Waals surface area contributed by atoms with Gasteiger partial charge in [-0.15, -0.1) is 5.10 Å². The molecule has 0 unspecified atom stereocenters. The van der Waals surface area contributed by atoms with E-state index in [1.165, 1.54) is 0 Å². The average molecular weight is 334 g/mol. The van der Waals surface area contributed by atoms with Crippen LogP contribution in [0.1, 0.15) is 6.92 Å². The highest BCUT2D eigenvalue weighted by Crippen LogP contribution is 2.16. The lowest BCUT2D eigenvalue weighted by Crippen LogP contribution is -2.39. The summed E-state index contributed by atoms with van der Waals surface area (Å²) in [6, 6.07) is 3.82. The molecule has 0 atom stereocenters. The van der Waals surface area contributed by atoms with Crippen molar-refractivity contribution in [2.75, 3.05) is 56.6 Å². The van der Waals surface area contributed by atoms with Gasteiger partial charge < -0.3 is 14.8 Å². The fourth-order valence-electron chi connectivity index (χ4n) is 2.53. The molecule has 24 heavy (non-hydrogen) atoms. The maximum atomic E-state index is 11.5. The van der Waals surface area contributed by atoms with Crippen LogP contribution in [0.15, 0.2) is 18.3 Å². The summed E-state index contributed by atoms with van der Waals surface area (Å²) < 4.78 is 11.8. The molecule has 0 radical (unpaired) electrons. The second-order valence-corrected chi connectivity index (χ2v) is 5.35. The van der Waals surface area contributed by atoms with Crippen LogP contribution in [0.5, 0.6) is 0 Å². The molecule has 9 heteroatoms. The topological polar surface area (TPSA) is 93.0 Å². The third-order valence-corrected chi connectivity index (χ3v) is 3.70. The van der Waals surface area contributed by atoms with E-state index in [-0.39, 0.29) is 5.95 Å². The number of pyridine rings is 1. The number of anilines is 2. The first-order chi connectivity index (χ1) is 11.8. The average Bonchev–Trinajstić information content (AvgIpc) is 2.99. The molecule has 0 aromatic carbocycles. The van der Waals surface area contributed by atoms with Gasteiger partial charge in [-0.25, -0.2) is 9.31 Å². The van der Waals surface area contributed by atoms with Crippen LogP contribution in [0.2, 0.25) is 0 Å². The van der Waals surface area contributed by atoms with Crippen molar-refractivity contribution >= 4 is 23.4 Å². The van der Waals surface area contributed by atoms with Crippen molar-refractivity contribution in [1.82, 2.24) is 19.5 Å². The number of ether oxygens (including phenoxy) is 2. The monoisotopic (exact) mass is 334 g/mol. The molecule has 0 bridgehead atoms. The molecule has 0 aliphatic carbocycles. The van der Waals surface area contributed by atoms with E-state index < -0.39 is 6.09 Å². The molecule has 9 nitrogen and oxygen atoms in total. The Kier molecular flexibility index (Phi) is 5.44. The van der Waals surface area contributed by atoms with Gasteiger partial charge >= 0.3 is 6.09 Å². The summed E-state index contributed by atoms with van der Waals surface area (Å²) in [6.45, 7) is 7.29. The first-order valence-corrected chi connectivity index (χ1v) is 8.09. The predicted octanol–water partition coefficient (Wildman–Crippen LogP) is 1.04. The number of rotatable bonds is 6. The Morgan fingerprint density at radius 1 is 1.42 bits per heavy atom. The van der Waals surface area contributed by atoms with Crippen LogP contribution in [0.25, 0.3) is 5.65 Å². The van der Waals surface area contributed by atoms with Gasteiger partial charge in [0.1, 0.15) is 0 Å². The summed E-state index contributed by atoms with van der Waals surface area (Å²) in [5.41, 5.74) is 1.53. The third-order valence-electron chi connectivity index (χ3n) is 3.70. The van der Waals surface area contributed by atoms with Crippen LogP contribution < -0.4 is 10.6 Å². The van der Waals surface area contributed by atoms with E-state index in [1.54, 1.807) is 17.6 Å². The maximum Gasteiger partial charge on any atom is 0.414 e. The summed E-state index contributed by atoms with van der Waals surface area (Å²) in [6.07, 6.45) is 1.22. The van der Waals surface area contributed by atoms with Crippen LogP contribution in [0.4, 0.5) is 16.4 Å². The van der Waals surface area contributed by atoms with E-state index >= 15 is 0 Å². The maximum absolute atomic E-state index is 11.5. The number of morpholine rings is 1. The second-order valence-electron chi connectivity index (χ2n) is 5.35. The summed E-state index contributed by atoms with van der Waals surface area (Å²) >= 11 is 0. The SMILES string of the molecule is CCOC(=O)Nc1nc2c(NCCN3CCOCC3)cccn2n1. The zero-order chi connectivity index (χ0) is 16.8. The highest BCUT2D eigenvalue weighted by Gasteiger charge is 2.12. The Morgan fingerprint density at radius 3 is 3.04 bits per heavy atom. The van der Waals surface area contributed by atoms with Crippen molar-refractivity contribution in [1.29, 1.82) is 0 Å². The quantitative estimate of drug-likeness (QED) is 0.815. The van der Waals surface area contributed by atoms with Crippen molar-refractivity contribution in [3.05, 3.63) is 18.3 Å². The Balaban J connectivity index is 1.62. The van der Waals surface area contributed by atoms with Gasteiger partial charge in [-0.2, -0.15) is 4.98 Å².